The van der Waals surface area contributed by atoms with Crippen molar-refractivity contribution in [1.29, 1.82) is 0 Å². The Hall–Kier alpha value is -1.94. The van der Waals surface area contributed by atoms with Gasteiger partial charge in [0.25, 0.3) is 0 Å². The fourth-order valence-electron chi connectivity index (χ4n) is 2.11. The Labute approximate surface area is 116 Å². The second-order valence-electron chi connectivity index (χ2n) is 4.64. The first-order chi connectivity index (χ1) is 9.49. The van der Waals surface area contributed by atoms with Crippen LogP contribution in [0, 0.1) is 13.8 Å². The van der Waals surface area contributed by atoms with E-state index in [-0.39, 0.29) is 5.75 Å². The van der Waals surface area contributed by atoms with Crippen molar-refractivity contribution >= 4 is 0 Å². The molecular weight excluding hydrogens is 262 g/mol. The summed E-state index contributed by atoms with van der Waals surface area (Å²) in [7, 11) is 0. The number of alkyl halides is 2. The maximum Gasteiger partial charge on any atom is 0.387 e. The first-order valence-electron chi connectivity index (χ1n) is 6.28. The Bertz CT molecular complexity index is 597. The number of rotatable bonds is 4. The molecule has 2 nitrogen and oxygen atoms in total. The van der Waals surface area contributed by atoms with Gasteiger partial charge in [-0.25, -0.2) is 0 Å². The van der Waals surface area contributed by atoms with Gasteiger partial charge in [-0.3, -0.25) is 0 Å². The molecule has 0 fully saturated rings. The Morgan fingerprint density at radius 3 is 2.45 bits per heavy atom. The molecule has 1 unspecified atom stereocenters. The zero-order valence-corrected chi connectivity index (χ0v) is 11.3. The molecule has 0 aromatic heterocycles. The number of ether oxygens (including phenoxy) is 1. The fourth-order valence-corrected chi connectivity index (χ4v) is 2.11. The molecule has 0 aliphatic rings. The third kappa shape index (κ3) is 3.14. The smallest absolute Gasteiger partial charge is 0.387 e. The molecule has 2 rings (SSSR count). The highest BCUT2D eigenvalue weighted by Crippen LogP contribution is 2.28. The molecule has 0 radical (unpaired) electrons. The van der Waals surface area contributed by atoms with Gasteiger partial charge in [0, 0.05) is 0 Å². The van der Waals surface area contributed by atoms with Gasteiger partial charge in [0.15, 0.2) is 0 Å². The molecule has 2 aromatic rings. The van der Waals surface area contributed by atoms with E-state index in [0.29, 0.717) is 5.56 Å². The molecule has 1 N–H and O–H groups in total. The van der Waals surface area contributed by atoms with Gasteiger partial charge >= 0.3 is 6.61 Å². The Morgan fingerprint density at radius 1 is 1.05 bits per heavy atom. The fraction of sp³-hybridized carbons (Fsp3) is 0.250. The van der Waals surface area contributed by atoms with Crippen LogP contribution in [0.4, 0.5) is 8.78 Å². The third-order valence-corrected chi connectivity index (χ3v) is 3.34. The number of hydrogen-bond donors (Lipinski definition) is 1. The van der Waals surface area contributed by atoms with Crippen molar-refractivity contribution in [2.75, 3.05) is 0 Å². The highest BCUT2D eigenvalue weighted by Gasteiger charge is 2.15. The molecule has 1 atom stereocenters. The van der Waals surface area contributed by atoms with Crippen LogP contribution in [-0.4, -0.2) is 11.7 Å². The van der Waals surface area contributed by atoms with Crippen molar-refractivity contribution < 1.29 is 18.6 Å². The standard InChI is InChI=1S/C16H16F2O2/c1-10-5-3-8-14(11(10)2)15(19)12-6-4-7-13(9-12)20-16(17)18/h3-9,15-16,19H,1-2H3. The molecule has 4 heteroatoms. The van der Waals surface area contributed by atoms with Gasteiger partial charge in [-0.2, -0.15) is 8.78 Å². The molecular formula is C16H16F2O2. The molecule has 2 aromatic carbocycles. The monoisotopic (exact) mass is 278 g/mol. The van der Waals surface area contributed by atoms with Crippen molar-refractivity contribution in [2.45, 2.75) is 26.6 Å². The number of aliphatic hydroxyl groups is 1. The van der Waals surface area contributed by atoms with Crippen LogP contribution in [0.2, 0.25) is 0 Å². The molecule has 0 bridgehead atoms. The molecule has 0 heterocycles. The minimum Gasteiger partial charge on any atom is -0.435 e. The van der Waals surface area contributed by atoms with Crippen molar-refractivity contribution in [2.24, 2.45) is 0 Å². The van der Waals surface area contributed by atoms with E-state index in [1.54, 1.807) is 12.1 Å². The Balaban J connectivity index is 2.33. The normalized spacial score (nSPS) is 12.5. The summed E-state index contributed by atoms with van der Waals surface area (Å²) in [4.78, 5) is 0. The van der Waals surface area contributed by atoms with E-state index >= 15 is 0 Å². The van der Waals surface area contributed by atoms with Gasteiger partial charge in [-0.1, -0.05) is 30.3 Å². The number of hydrogen-bond acceptors (Lipinski definition) is 2. The van der Waals surface area contributed by atoms with Crippen LogP contribution >= 0.6 is 0 Å². The molecule has 0 aliphatic heterocycles. The lowest BCUT2D eigenvalue weighted by molar-refractivity contribution is -0.0499. The third-order valence-electron chi connectivity index (χ3n) is 3.34. The van der Waals surface area contributed by atoms with Crippen LogP contribution in [0.1, 0.15) is 28.4 Å². The average Bonchev–Trinajstić information content (AvgIpc) is 2.41. The molecule has 0 amide bonds. The van der Waals surface area contributed by atoms with Crippen LogP contribution in [0.25, 0.3) is 0 Å². The summed E-state index contributed by atoms with van der Waals surface area (Å²) in [5.41, 5.74) is 3.35. The zero-order valence-electron chi connectivity index (χ0n) is 11.3. The van der Waals surface area contributed by atoms with E-state index < -0.39 is 12.7 Å². The maximum atomic E-state index is 12.2. The van der Waals surface area contributed by atoms with Crippen molar-refractivity contribution in [3.8, 4) is 5.75 Å². The van der Waals surface area contributed by atoms with E-state index in [0.717, 1.165) is 16.7 Å². The number of aliphatic hydroxyl groups excluding tert-OH is 1. The van der Waals surface area contributed by atoms with Gasteiger partial charge < -0.3 is 9.84 Å². The summed E-state index contributed by atoms with van der Waals surface area (Å²) in [6.07, 6.45) is -0.865. The molecule has 0 aliphatic carbocycles. The van der Waals surface area contributed by atoms with Crippen LogP contribution < -0.4 is 4.74 Å². The van der Waals surface area contributed by atoms with E-state index in [4.69, 9.17) is 0 Å². The topological polar surface area (TPSA) is 29.5 Å². The maximum absolute atomic E-state index is 12.2. The van der Waals surface area contributed by atoms with Crippen LogP contribution in [-0.2, 0) is 0 Å². The van der Waals surface area contributed by atoms with E-state index in [1.165, 1.54) is 12.1 Å². The number of aryl methyl sites for hydroxylation is 1. The van der Waals surface area contributed by atoms with Crippen LogP contribution in [0.5, 0.6) is 5.75 Å². The van der Waals surface area contributed by atoms with E-state index in [2.05, 4.69) is 4.74 Å². The lowest BCUT2D eigenvalue weighted by Crippen LogP contribution is -2.05. The number of halogens is 2. The molecule has 0 saturated carbocycles. The van der Waals surface area contributed by atoms with Gasteiger partial charge in [0.05, 0.1) is 0 Å². The summed E-state index contributed by atoms with van der Waals surface area (Å²) in [5, 5.41) is 10.4. The Kier molecular flexibility index (Phi) is 4.35. The summed E-state index contributed by atoms with van der Waals surface area (Å²) in [6.45, 7) is 1.01. The van der Waals surface area contributed by atoms with Crippen LogP contribution in [0.15, 0.2) is 42.5 Å². The van der Waals surface area contributed by atoms with Gasteiger partial charge in [0.1, 0.15) is 11.9 Å². The van der Waals surface area contributed by atoms with E-state index in [9.17, 15) is 13.9 Å². The second kappa shape index (κ2) is 6.01. The number of benzene rings is 2. The summed E-state index contributed by atoms with van der Waals surface area (Å²) >= 11 is 0. The summed E-state index contributed by atoms with van der Waals surface area (Å²) < 4.78 is 28.8. The SMILES string of the molecule is Cc1cccc(C(O)c2cccc(OC(F)F)c2)c1C. The summed E-state index contributed by atoms with van der Waals surface area (Å²) in [5.74, 6) is 0.0434. The van der Waals surface area contributed by atoms with Gasteiger partial charge in [-0.05, 0) is 48.2 Å². The zero-order chi connectivity index (χ0) is 14.7. The van der Waals surface area contributed by atoms with E-state index in [1.807, 2.05) is 32.0 Å². The van der Waals surface area contributed by atoms with Crippen molar-refractivity contribution in [1.82, 2.24) is 0 Å². The lowest BCUT2D eigenvalue weighted by Gasteiger charge is -2.16. The van der Waals surface area contributed by atoms with Gasteiger partial charge in [0.2, 0.25) is 0 Å². The molecule has 106 valence electrons. The quantitative estimate of drug-likeness (QED) is 0.916. The first kappa shape index (κ1) is 14.5. The predicted molar refractivity (Wildman–Crippen MR) is 73.1 cm³/mol. The summed E-state index contributed by atoms with van der Waals surface area (Å²) in [6, 6.07) is 11.8. The molecule has 0 saturated heterocycles. The predicted octanol–water partition coefficient (Wildman–Crippen LogP) is 3.99. The van der Waals surface area contributed by atoms with Crippen molar-refractivity contribution in [3.63, 3.8) is 0 Å². The minimum absolute atomic E-state index is 0.0434. The second-order valence-corrected chi connectivity index (χ2v) is 4.64. The minimum atomic E-state index is -2.87. The van der Waals surface area contributed by atoms with Crippen LogP contribution in [0.3, 0.4) is 0 Å². The first-order valence-corrected chi connectivity index (χ1v) is 6.28. The van der Waals surface area contributed by atoms with Crippen molar-refractivity contribution in [3.05, 3.63) is 64.7 Å². The average molecular weight is 278 g/mol. The lowest BCUT2D eigenvalue weighted by atomic mass is 9.95. The molecule has 20 heavy (non-hydrogen) atoms. The largest absolute Gasteiger partial charge is 0.435 e. The van der Waals surface area contributed by atoms with Gasteiger partial charge in [-0.15, -0.1) is 0 Å². The highest BCUT2D eigenvalue weighted by atomic mass is 19.3. The Morgan fingerprint density at radius 2 is 1.75 bits per heavy atom. The highest BCUT2D eigenvalue weighted by molar-refractivity contribution is 5.41. The molecule has 0 spiro atoms.